The molecule has 180 valence electrons. The van der Waals surface area contributed by atoms with Crippen molar-refractivity contribution in [3.63, 3.8) is 0 Å². The SMILES string of the molecule is COc1c(I)cc(C=Nc2sc3c(c2C(=O)NCc2ccco2)CC[C@H](C(C)(C)C)C3)cc1I. The van der Waals surface area contributed by atoms with Gasteiger partial charge in [0, 0.05) is 11.1 Å². The van der Waals surface area contributed by atoms with Crippen molar-refractivity contribution < 1.29 is 13.9 Å². The lowest BCUT2D eigenvalue weighted by molar-refractivity contribution is 0.0947. The van der Waals surface area contributed by atoms with Crippen LogP contribution in [-0.2, 0) is 19.4 Å². The molecule has 1 aromatic carbocycles. The van der Waals surface area contributed by atoms with E-state index in [2.05, 4.69) is 71.3 Å². The van der Waals surface area contributed by atoms with Crippen LogP contribution in [0.5, 0.6) is 5.75 Å². The lowest BCUT2D eigenvalue weighted by atomic mass is 9.72. The normalized spacial score (nSPS) is 16.0. The number of hydrogen-bond donors (Lipinski definition) is 1. The average molecular weight is 702 g/mol. The molecule has 2 heterocycles. The van der Waals surface area contributed by atoms with Gasteiger partial charge in [0.25, 0.3) is 5.91 Å². The highest BCUT2D eigenvalue weighted by Gasteiger charge is 2.33. The number of fused-ring (bicyclic) bond motifs is 1. The molecule has 5 nitrogen and oxygen atoms in total. The quantitative estimate of drug-likeness (QED) is 0.215. The Bertz CT molecular complexity index is 1190. The van der Waals surface area contributed by atoms with Gasteiger partial charge in [-0.2, -0.15) is 0 Å². The lowest BCUT2D eigenvalue weighted by Gasteiger charge is -2.33. The van der Waals surface area contributed by atoms with E-state index in [1.807, 2.05) is 30.5 Å². The van der Waals surface area contributed by atoms with Crippen molar-refractivity contribution in [2.75, 3.05) is 7.11 Å². The van der Waals surface area contributed by atoms with E-state index in [0.29, 0.717) is 18.0 Å². The van der Waals surface area contributed by atoms with Crippen LogP contribution in [0.4, 0.5) is 5.00 Å². The molecule has 1 aliphatic carbocycles. The first-order valence-corrected chi connectivity index (χ1v) is 14.2. The molecular weight excluding hydrogens is 674 g/mol. The highest BCUT2D eigenvalue weighted by molar-refractivity contribution is 14.1. The van der Waals surface area contributed by atoms with Gasteiger partial charge >= 0.3 is 0 Å². The van der Waals surface area contributed by atoms with E-state index in [1.54, 1.807) is 24.7 Å². The fourth-order valence-electron chi connectivity index (χ4n) is 4.29. The first-order chi connectivity index (χ1) is 16.2. The second-order valence-electron chi connectivity index (χ2n) is 9.53. The number of carbonyl (C=O) groups excluding carboxylic acids is 1. The minimum Gasteiger partial charge on any atom is -0.495 e. The molecule has 4 rings (SSSR count). The second kappa shape index (κ2) is 10.7. The predicted octanol–water partition coefficient (Wildman–Crippen LogP) is 7.39. The summed E-state index contributed by atoms with van der Waals surface area (Å²) in [5, 5.41) is 3.81. The van der Waals surface area contributed by atoms with Gasteiger partial charge < -0.3 is 14.5 Å². The monoisotopic (exact) mass is 702 g/mol. The number of thiophene rings is 1. The van der Waals surface area contributed by atoms with Gasteiger partial charge in [0.15, 0.2) is 0 Å². The molecule has 0 unspecified atom stereocenters. The Hall–Kier alpha value is -1.40. The maximum Gasteiger partial charge on any atom is 0.255 e. The van der Waals surface area contributed by atoms with E-state index < -0.39 is 0 Å². The van der Waals surface area contributed by atoms with Gasteiger partial charge in [-0.3, -0.25) is 4.79 Å². The zero-order valence-electron chi connectivity index (χ0n) is 19.7. The van der Waals surface area contributed by atoms with E-state index in [-0.39, 0.29) is 11.3 Å². The van der Waals surface area contributed by atoms with Crippen LogP contribution >= 0.6 is 56.5 Å². The number of nitrogens with one attached hydrogen (secondary N) is 1. The number of nitrogens with zero attached hydrogens (tertiary/aromatic N) is 1. The molecule has 1 aliphatic rings. The zero-order valence-corrected chi connectivity index (χ0v) is 24.8. The van der Waals surface area contributed by atoms with Crippen molar-refractivity contribution in [3.05, 3.63) is 65.0 Å². The summed E-state index contributed by atoms with van der Waals surface area (Å²) in [5.41, 5.74) is 3.10. The number of carbonyl (C=O) groups is 1. The van der Waals surface area contributed by atoms with E-state index in [9.17, 15) is 4.79 Å². The summed E-state index contributed by atoms with van der Waals surface area (Å²) in [7, 11) is 1.68. The molecular formula is C26H28I2N2O3S. The minimum absolute atomic E-state index is 0.0887. The Morgan fingerprint density at radius 2 is 2.06 bits per heavy atom. The Labute approximate surface area is 232 Å². The molecule has 34 heavy (non-hydrogen) atoms. The third kappa shape index (κ3) is 5.70. The predicted molar refractivity (Wildman–Crippen MR) is 155 cm³/mol. The van der Waals surface area contributed by atoms with Crippen LogP contribution in [0, 0.1) is 18.5 Å². The van der Waals surface area contributed by atoms with Gasteiger partial charge in [0.2, 0.25) is 0 Å². The fourth-order valence-corrected chi connectivity index (χ4v) is 7.81. The summed E-state index contributed by atoms with van der Waals surface area (Å²) in [6.07, 6.45) is 6.46. The Morgan fingerprint density at radius 3 is 2.68 bits per heavy atom. The summed E-state index contributed by atoms with van der Waals surface area (Å²) in [4.78, 5) is 19.5. The maximum atomic E-state index is 13.3. The molecule has 3 aromatic rings. The van der Waals surface area contributed by atoms with Gasteiger partial charge in [-0.15, -0.1) is 11.3 Å². The van der Waals surface area contributed by atoms with Crippen LogP contribution in [0.25, 0.3) is 0 Å². The molecule has 8 heteroatoms. The molecule has 0 bridgehead atoms. The average Bonchev–Trinajstić information content (AvgIpc) is 3.42. The molecule has 0 fully saturated rings. The van der Waals surface area contributed by atoms with Gasteiger partial charge in [-0.1, -0.05) is 20.8 Å². The minimum atomic E-state index is -0.0887. The van der Waals surface area contributed by atoms with E-state index in [0.717, 1.165) is 54.0 Å². The maximum absolute atomic E-state index is 13.3. The van der Waals surface area contributed by atoms with Crippen LogP contribution in [0.1, 0.15) is 59.3 Å². The molecule has 0 radical (unpaired) electrons. The highest BCUT2D eigenvalue weighted by atomic mass is 127. The summed E-state index contributed by atoms with van der Waals surface area (Å²) in [6.45, 7) is 7.27. The fraction of sp³-hybridized carbons (Fsp3) is 0.385. The van der Waals surface area contributed by atoms with Crippen LogP contribution < -0.4 is 10.1 Å². The number of furan rings is 1. The van der Waals surface area contributed by atoms with Crippen LogP contribution in [0.3, 0.4) is 0 Å². The summed E-state index contributed by atoms with van der Waals surface area (Å²) >= 11 is 6.21. The van der Waals surface area contributed by atoms with Crippen molar-refractivity contribution in [3.8, 4) is 5.75 Å². The first-order valence-electron chi connectivity index (χ1n) is 11.2. The van der Waals surface area contributed by atoms with Gasteiger partial charge in [-0.25, -0.2) is 4.99 Å². The van der Waals surface area contributed by atoms with Crippen LogP contribution in [-0.4, -0.2) is 19.2 Å². The largest absolute Gasteiger partial charge is 0.495 e. The standard InChI is InChI=1S/C26H28I2N2O3S/c1-26(2,3)16-7-8-18-21(12-16)34-25(22(18)24(31)29-14-17-6-5-9-33-17)30-13-15-10-19(27)23(32-4)20(28)11-15/h5-6,9-11,13,16H,7-8,12,14H2,1-4H3,(H,29,31)/t16-/m0/s1. The van der Waals surface area contributed by atoms with Gasteiger partial charge in [-0.05, 0) is 111 Å². The number of methoxy groups -OCH3 is 1. The first kappa shape index (κ1) is 25.7. The molecule has 1 atom stereocenters. The molecule has 0 saturated heterocycles. The highest BCUT2D eigenvalue weighted by Crippen LogP contribution is 2.45. The topological polar surface area (TPSA) is 63.8 Å². The Kier molecular flexibility index (Phi) is 8.08. The number of ether oxygens (including phenoxy) is 1. The Balaban J connectivity index is 1.67. The number of aliphatic imine (C=N–C) groups is 1. The third-order valence-electron chi connectivity index (χ3n) is 6.26. The van der Waals surface area contributed by atoms with Crippen LogP contribution in [0.2, 0.25) is 0 Å². The number of benzene rings is 1. The third-order valence-corrected chi connectivity index (χ3v) is 9.02. The molecule has 1 N–H and O–H groups in total. The van der Waals surface area contributed by atoms with E-state index in [1.165, 1.54) is 4.88 Å². The summed E-state index contributed by atoms with van der Waals surface area (Å²) in [5.74, 6) is 2.11. The molecule has 0 aliphatic heterocycles. The van der Waals surface area contributed by atoms with Gasteiger partial charge in [0.1, 0.15) is 16.5 Å². The summed E-state index contributed by atoms with van der Waals surface area (Å²) in [6, 6.07) is 7.78. The van der Waals surface area contributed by atoms with Crippen molar-refractivity contribution in [2.45, 2.75) is 46.6 Å². The summed E-state index contributed by atoms with van der Waals surface area (Å²) < 4.78 is 12.9. The zero-order chi connectivity index (χ0) is 24.5. The smallest absolute Gasteiger partial charge is 0.255 e. The second-order valence-corrected chi connectivity index (χ2v) is 12.9. The lowest BCUT2D eigenvalue weighted by Crippen LogP contribution is -2.28. The molecule has 1 amide bonds. The van der Waals surface area contributed by atoms with Gasteiger partial charge in [0.05, 0.1) is 32.6 Å². The van der Waals surface area contributed by atoms with Crippen molar-refractivity contribution in [2.24, 2.45) is 16.3 Å². The Morgan fingerprint density at radius 1 is 1.32 bits per heavy atom. The van der Waals surface area contributed by atoms with Crippen molar-refractivity contribution in [1.82, 2.24) is 5.32 Å². The number of halogens is 2. The number of amides is 1. The van der Waals surface area contributed by atoms with Crippen LogP contribution in [0.15, 0.2) is 39.9 Å². The molecule has 0 saturated carbocycles. The van der Waals surface area contributed by atoms with Crippen molar-refractivity contribution in [1.29, 1.82) is 0 Å². The van der Waals surface area contributed by atoms with E-state index in [4.69, 9.17) is 14.1 Å². The molecule has 0 spiro atoms. The number of rotatable bonds is 6. The van der Waals surface area contributed by atoms with Crippen molar-refractivity contribution >= 4 is 73.6 Å². The molecule has 2 aromatic heterocycles. The van der Waals surface area contributed by atoms with E-state index >= 15 is 0 Å². The number of hydrogen-bond acceptors (Lipinski definition) is 5.